The van der Waals surface area contributed by atoms with E-state index in [9.17, 15) is 18.0 Å². The van der Waals surface area contributed by atoms with Crippen molar-refractivity contribution in [3.63, 3.8) is 0 Å². The molecule has 7 nitrogen and oxygen atoms in total. The highest BCUT2D eigenvalue weighted by atomic mass is 32.2. The number of ether oxygens (including phenoxy) is 1. The third-order valence-corrected chi connectivity index (χ3v) is 4.23. The fourth-order valence-electron chi connectivity index (χ4n) is 1.57. The normalized spacial score (nSPS) is 11.0. The van der Waals surface area contributed by atoms with E-state index in [0.717, 1.165) is 0 Å². The molecule has 0 fully saturated rings. The van der Waals surface area contributed by atoms with Crippen molar-refractivity contribution in [1.29, 1.82) is 0 Å². The Hall–Kier alpha value is -1.93. The van der Waals surface area contributed by atoms with Crippen molar-refractivity contribution >= 4 is 21.9 Å². The lowest BCUT2D eigenvalue weighted by molar-refractivity contribution is -0.128. The first-order chi connectivity index (χ1) is 9.79. The van der Waals surface area contributed by atoms with Gasteiger partial charge in [0.05, 0.1) is 17.6 Å². The summed E-state index contributed by atoms with van der Waals surface area (Å²) >= 11 is 0. The number of hydrogen-bond acceptors (Lipinski definition) is 5. The minimum Gasteiger partial charge on any atom is -0.465 e. The zero-order valence-corrected chi connectivity index (χ0v) is 12.9. The number of carbonyl (C=O) groups excluding carboxylic acids is 2. The van der Waals surface area contributed by atoms with Crippen LogP contribution < -0.4 is 4.72 Å². The molecule has 0 aliphatic rings. The molecule has 0 aliphatic heterocycles. The molecule has 0 radical (unpaired) electrons. The van der Waals surface area contributed by atoms with E-state index < -0.39 is 16.0 Å². The Bertz CT molecular complexity index is 625. The summed E-state index contributed by atoms with van der Waals surface area (Å²) in [6.07, 6.45) is 0.0343. The molecule has 21 heavy (non-hydrogen) atoms. The van der Waals surface area contributed by atoms with E-state index in [4.69, 9.17) is 0 Å². The number of benzene rings is 1. The Morgan fingerprint density at radius 2 is 1.86 bits per heavy atom. The van der Waals surface area contributed by atoms with Crippen LogP contribution in [-0.4, -0.2) is 52.9 Å². The van der Waals surface area contributed by atoms with Gasteiger partial charge < -0.3 is 9.64 Å². The lowest BCUT2D eigenvalue weighted by Gasteiger charge is -2.12. The van der Waals surface area contributed by atoms with Crippen LogP contribution in [0.3, 0.4) is 0 Å². The molecule has 0 saturated carbocycles. The van der Waals surface area contributed by atoms with Crippen molar-refractivity contribution in [2.75, 3.05) is 27.7 Å². The Morgan fingerprint density at radius 3 is 2.43 bits per heavy atom. The van der Waals surface area contributed by atoms with E-state index in [1.807, 2.05) is 0 Å². The van der Waals surface area contributed by atoms with Gasteiger partial charge in [0, 0.05) is 27.1 Å². The van der Waals surface area contributed by atoms with Gasteiger partial charge in [0.1, 0.15) is 0 Å². The highest BCUT2D eigenvalue weighted by Crippen LogP contribution is 2.16. The molecule has 1 N–H and O–H groups in total. The number of nitrogens with one attached hydrogen (secondary N) is 1. The molecule has 0 aliphatic carbocycles. The van der Waals surface area contributed by atoms with Crippen LogP contribution in [0.15, 0.2) is 29.2 Å². The molecule has 8 heteroatoms. The summed E-state index contributed by atoms with van der Waals surface area (Å²) in [4.78, 5) is 24.2. The summed E-state index contributed by atoms with van der Waals surface area (Å²) < 4.78 is 31.2. The fraction of sp³-hybridized carbons (Fsp3) is 0.385. The minimum absolute atomic E-state index is 0.0343. The van der Waals surface area contributed by atoms with Crippen molar-refractivity contribution in [2.24, 2.45) is 0 Å². The average Bonchev–Trinajstić information content (AvgIpc) is 2.46. The zero-order valence-electron chi connectivity index (χ0n) is 12.1. The molecule has 1 aromatic rings. The van der Waals surface area contributed by atoms with Crippen LogP contribution >= 0.6 is 0 Å². The van der Waals surface area contributed by atoms with Crippen LogP contribution in [0.1, 0.15) is 16.8 Å². The number of hydrogen-bond donors (Lipinski definition) is 1. The van der Waals surface area contributed by atoms with Crippen molar-refractivity contribution < 1.29 is 22.7 Å². The van der Waals surface area contributed by atoms with E-state index in [-0.39, 0.29) is 29.3 Å². The molecular weight excluding hydrogens is 296 g/mol. The summed E-state index contributed by atoms with van der Waals surface area (Å²) in [5.41, 5.74) is -0.0496. The van der Waals surface area contributed by atoms with Gasteiger partial charge in [0.15, 0.2) is 0 Å². The molecule has 0 aromatic heterocycles. The van der Waals surface area contributed by atoms with Gasteiger partial charge in [-0.1, -0.05) is 12.1 Å². The summed E-state index contributed by atoms with van der Waals surface area (Å²) in [6.45, 7) is -0.0468. The fourth-order valence-corrected chi connectivity index (χ4v) is 2.80. The third kappa shape index (κ3) is 4.54. The van der Waals surface area contributed by atoms with Crippen LogP contribution in [0.4, 0.5) is 0 Å². The van der Waals surface area contributed by atoms with Crippen LogP contribution in [0.5, 0.6) is 0 Å². The summed E-state index contributed by atoms with van der Waals surface area (Å²) in [7, 11) is 0.460. The maximum atomic E-state index is 12.2. The molecule has 0 bridgehead atoms. The van der Waals surface area contributed by atoms with Crippen LogP contribution in [-0.2, 0) is 19.6 Å². The number of carbonyl (C=O) groups is 2. The smallest absolute Gasteiger partial charge is 0.339 e. The highest BCUT2D eigenvalue weighted by Gasteiger charge is 2.22. The van der Waals surface area contributed by atoms with Crippen molar-refractivity contribution in [3.05, 3.63) is 29.8 Å². The van der Waals surface area contributed by atoms with Gasteiger partial charge >= 0.3 is 5.97 Å². The molecule has 116 valence electrons. The molecular formula is C13H18N2O5S. The minimum atomic E-state index is -3.89. The van der Waals surface area contributed by atoms with Gasteiger partial charge in [0.25, 0.3) is 0 Å². The van der Waals surface area contributed by atoms with E-state index in [1.165, 1.54) is 30.2 Å². The molecule has 0 heterocycles. The first-order valence-electron chi connectivity index (χ1n) is 6.16. The Labute approximate surface area is 123 Å². The maximum absolute atomic E-state index is 12.2. The topological polar surface area (TPSA) is 92.8 Å². The summed E-state index contributed by atoms with van der Waals surface area (Å²) in [5.74, 6) is -0.931. The van der Waals surface area contributed by atoms with Gasteiger partial charge in [-0.3, -0.25) is 4.79 Å². The van der Waals surface area contributed by atoms with Gasteiger partial charge in [-0.15, -0.1) is 0 Å². The largest absolute Gasteiger partial charge is 0.465 e. The molecule has 1 aromatic carbocycles. The Morgan fingerprint density at radius 1 is 1.24 bits per heavy atom. The van der Waals surface area contributed by atoms with Crippen molar-refractivity contribution in [1.82, 2.24) is 9.62 Å². The average molecular weight is 314 g/mol. The third-order valence-electron chi connectivity index (χ3n) is 2.71. The number of methoxy groups -OCH3 is 1. The number of esters is 1. The summed E-state index contributed by atoms with van der Waals surface area (Å²) in [5, 5.41) is 0. The van der Waals surface area contributed by atoms with Crippen molar-refractivity contribution in [2.45, 2.75) is 11.3 Å². The lowest BCUT2D eigenvalue weighted by Crippen LogP contribution is -2.31. The van der Waals surface area contributed by atoms with Gasteiger partial charge in [0.2, 0.25) is 15.9 Å². The van der Waals surface area contributed by atoms with E-state index in [0.29, 0.717) is 0 Å². The zero-order chi connectivity index (χ0) is 16.0. The maximum Gasteiger partial charge on any atom is 0.339 e. The Balaban J connectivity index is 2.89. The molecule has 1 amide bonds. The second kappa shape index (κ2) is 7.19. The number of amides is 1. The van der Waals surface area contributed by atoms with Crippen LogP contribution in [0, 0.1) is 0 Å². The van der Waals surface area contributed by atoms with Gasteiger partial charge in [-0.2, -0.15) is 0 Å². The number of rotatable bonds is 6. The first kappa shape index (κ1) is 17.1. The molecule has 0 unspecified atom stereocenters. The van der Waals surface area contributed by atoms with Gasteiger partial charge in [-0.25, -0.2) is 17.9 Å². The highest BCUT2D eigenvalue weighted by molar-refractivity contribution is 7.89. The predicted molar refractivity (Wildman–Crippen MR) is 76.3 cm³/mol. The second-order valence-corrected chi connectivity index (χ2v) is 6.16. The standard InChI is InChI=1S/C13H18N2O5S/c1-15(2)12(16)8-9-14-21(18,19)11-7-5-4-6-10(11)13(17)20-3/h4-7,14H,8-9H2,1-3H3. The van der Waals surface area contributed by atoms with Crippen LogP contribution in [0.25, 0.3) is 0 Å². The Kier molecular flexibility index (Phi) is 5.86. The predicted octanol–water partition coefficient (Wildman–Crippen LogP) is 0.230. The van der Waals surface area contributed by atoms with Crippen LogP contribution in [0.2, 0.25) is 0 Å². The van der Waals surface area contributed by atoms with Gasteiger partial charge in [-0.05, 0) is 12.1 Å². The van der Waals surface area contributed by atoms with Crippen molar-refractivity contribution in [3.8, 4) is 0 Å². The molecule has 0 saturated heterocycles. The number of nitrogens with zero attached hydrogens (tertiary/aromatic N) is 1. The second-order valence-electron chi connectivity index (χ2n) is 4.42. The first-order valence-corrected chi connectivity index (χ1v) is 7.65. The molecule has 0 atom stereocenters. The quantitative estimate of drug-likeness (QED) is 0.759. The monoisotopic (exact) mass is 314 g/mol. The molecule has 1 rings (SSSR count). The summed E-state index contributed by atoms with van der Waals surface area (Å²) in [6, 6.07) is 5.72. The lowest BCUT2D eigenvalue weighted by atomic mass is 10.2. The van der Waals surface area contributed by atoms with E-state index >= 15 is 0 Å². The van der Waals surface area contributed by atoms with E-state index in [2.05, 4.69) is 9.46 Å². The van der Waals surface area contributed by atoms with E-state index in [1.54, 1.807) is 20.2 Å². The molecule has 0 spiro atoms. The number of sulfonamides is 1. The SMILES string of the molecule is COC(=O)c1ccccc1S(=O)(=O)NCCC(=O)N(C)C.